The van der Waals surface area contributed by atoms with Crippen LogP contribution in [-0.4, -0.2) is 36.1 Å². The Morgan fingerprint density at radius 2 is 2.09 bits per heavy atom. The Morgan fingerprint density at radius 3 is 2.45 bits per heavy atom. The van der Waals surface area contributed by atoms with Crippen molar-refractivity contribution in [2.75, 3.05) is 20.4 Å². The number of ether oxygens (including phenoxy) is 1. The van der Waals surface area contributed by atoms with Gasteiger partial charge in [0, 0.05) is 0 Å². The summed E-state index contributed by atoms with van der Waals surface area (Å²) in [4.78, 5) is 27.9. The molecule has 0 aromatic carbocycles. The molecule has 0 saturated carbocycles. The molecular weight excluding hydrogens is 171 g/mol. The van der Waals surface area contributed by atoms with Gasteiger partial charge in [-0.15, -0.1) is 0 Å². The van der Waals surface area contributed by atoms with E-state index in [0.29, 0.717) is 0 Å². The Morgan fingerprint density at radius 1 is 1.55 bits per heavy atom. The second-order valence-electron chi connectivity index (χ2n) is 2.11. The van der Waals surface area contributed by atoms with Gasteiger partial charge in [-0.2, -0.15) is 0 Å². The zero-order valence-electron chi connectivity index (χ0n) is 6.53. The molecule has 11 heavy (non-hydrogen) atoms. The Labute approximate surface area is 65.5 Å². The van der Waals surface area contributed by atoms with Crippen LogP contribution >= 0.6 is 7.94 Å². The number of hydrogen-bond donors (Lipinski definition) is 2. The Kier molecular flexibility index (Phi) is 4.52. The SMILES string of the molecule is COC(=O)CCO[PH](C)(O)O. The standard InChI is InChI=1S/C5H13O5P/c1-9-5(6)3-4-10-11(2,7)8/h7-8,11H,3-4H2,1-2H3. The van der Waals surface area contributed by atoms with Gasteiger partial charge in [0.05, 0.1) is 0 Å². The van der Waals surface area contributed by atoms with E-state index >= 15 is 0 Å². The molecule has 0 rings (SSSR count). The number of esters is 1. The Hall–Kier alpha value is -0.220. The van der Waals surface area contributed by atoms with Crippen LogP contribution in [0.2, 0.25) is 0 Å². The average Bonchev–Trinajstić information content (AvgIpc) is 1.85. The van der Waals surface area contributed by atoms with Crippen molar-refractivity contribution < 1.29 is 23.8 Å². The summed E-state index contributed by atoms with van der Waals surface area (Å²) >= 11 is 0. The third-order valence-electron chi connectivity index (χ3n) is 0.909. The van der Waals surface area contributed by atoms with Gasteiger partial charge in [0.15, 0.2) is 0 Å². The van der Waals surface area contributed by atoms with Gasteiger partial charge in [0.1, 0.15) is 0 Å². The van der Waals surface area contributed by atoms with Crippen LogP contribution in [0.4, 0.5) is 0 Å². The third kappa shape index (κ3) is 7.68. The summed E-state index contributed by atoms with van der Waals surface area (Å²) < 4.78 is 8.85. The van der Waals surface area contributed by atoms with Crippen LogP contribution in [0.5, 0.6) is 0 Å². The quantitative estimate of drug-likeness (QED) is 0.462. The predicted molar refractivity (Wildman–Crippen MR) is 41.3 cm³/mol. The first-order valence-electron chi connectivity index (χ1n) is 3.11. The van der Waals surface area contributed by atoms with Gasteiger partial charge < -0.3 is 0 Å². The number of carbonyl (C=O) groups excluding carboxylic acids is 1. The van der Waals surface area contributed by atoms with Crippen molar-refractivity contribution in [1.82, 2.24) is 0 Å². The van der Waals surface area contributed by atoms with Crippen LogP contribution in [0.3, 0.4) is 0 Å². The monoisotopic (exact) mass is 184 g/mol. The second kappa shape index (κ2) is 4.62. The van der Waals surface area contributed by atoms with Crippen LogP contribution in [0, 0.1) is 0 Å². The van der Waals surface area contributed by atoms with Crippen LogP contribution in [0.1, 0.15) is 6.42 Å². The fourth-order valence-corrected chi connectivity index (χ4v) is 0.919. The van der Waals surface area contributed by atoms with Gasteiger partial charge >= 0.3 is 64.6 Å². The summed E-state index contributed by atoms with van der Waals surface area (Å²) in [5, 5.41) is 0. The summed E-state index contributed by atoms with van der Waals surface area (Å²) in [5.74, 6) is -0.428. The number of carbonyl (C=O) groups is 1. The first-order valence-corrected chi connectivity index (χ1v) is 5.41. The van der Waals surface area contributed by atoms with Gasteiger partial charge in [-0.1, -0.05) is 0 Å². The van der Waals surface area contributed by atoms with E-state index in [1.165, 1.54) is 13.8 Å². The number of methoxy groups -OCH3 is 1. The fourth-order valence-electron chi connectivity index (χ4n) is 0.430. The van der Waals surface area contributed by atoms with Gasteiger partial charge in [0.2, 0.25) is 0 Å². The summed E-state index contributed by atoms with van der Waals surface area (Å²) in [5.41, 5.74) is 0. The third-order valence-corrected chi connectivity index (χ3v) is 1.66. The van der Waals surface area contributed by atoms with Crippen molar-refractivity contribution in [2.45, 2.75) is 6.42 Å². The molecule has 2 N–H and O–H groups in total. The van der Waals surface area contributed by atoms with Crippen molar-refractivity contribution in [3.05, 3.63) is 0 Å². The molecule has 0 aliphatic carbocycles. The van der Waals surface area contributed by atoms with E-state index in [2.05, 4.69) is 9.26 Å². The van der Waals surface area contributed by atoms with E-state index in [4.69, 9.17) is 9.79 Å². The molecule has 0 saturated heterocycles. The summed E-state index contributed by atoms with van der Waals surface area (Å²) in [6.07, 6.45) is 0.0419. The Bertz CT molecular complexity index is 129. The molecule has 0 aromatic heterocycles. The number of rotatable bonds is 4. The molecule has 0 aromatic rings. The van der Waals surface area contributed by atoms with E-state index in [0.717, 1.165) is 0 Å². The molecule has 68 valence electrons. The van der Waals surface area contributed by atoms with Gasteiger partial charge in [-0.05, 0) is 0 Å². The maximum atomic E-state index is 10.4. The van der Waals surface area contributed by atoms with E-state index in [1.54, 1.807) is 0 Å². The second-order valence-corrected chi connectivity index (χ2v) is 4.27. The van der Waals surface area contributed by atoms with E-state index < -0.39 is 13.9 Å². The maximum absolute atomic E-state index is 10.4. The van der Waals surface area contributed by atoms with Crippen molar-refractivity contribution in [3.8, 4) is 0 Å². The molecule has 0 aliphatic rings. The van der Waals surface area contributed by atoms with Crippen molar-refractivity contribution >= 4 is 13.9 Å². The first-order chi connectivity index (χ1) is 4.95. The minimum atomic E-state index is -3.44. The summed E-state index contributed by atoms with van der Waals surface area (Å²) in [7, 11) is -2.18. The molecule has 5 nitrogen and oxygen atoms in total. The molecule has 0 spiro atoms. The van der Waals surface area contributed by atoms with E-state index in [1.807, 2.05) is 0 Å². The zero-order valence-corrected chi connectivity index (χ0v) is 7.53. The topological polar surface area (TPSA) is 76.0 Å². The van der Waals surface area contributed by atoms with Gasteiger partial charge in [0.25, 0.3) is 0 Å². The molecule has 0 heterocycles. The molecule has 0 radical (unpaired) electrons. The molecule has 0 fully saturated rings. The van der Waals surface area contributed by atoms with Gasteiger partial charge in [-0.25, -0.2) is 0 Å². The van der Waals surface area contributed by atoms with Crippen LogP contribution in [-0.2, 0) is 14.1 Å². The van der Waals surface area contributed by atoms with E-state index in [-0.39, 0.29) is 13.0 Å². The first kappa shape index (κ1) is 10.8. The summed E-state index contributed by atoms with van der Waals surface area (Å²) in [6.45, 7) is 1.19. The van der Waals surface area contributed by atoms with Gasteiger partial charge in [-0.3, -0.25) is 0 Å². The molecule has 0 unspecified atom stereocenters. The molecule has 0 aliphatic heterocycles. The van der Waals surface area contributed by atoms with Crippen LogP contribution in [0.25, 0.3) is 0 Å². The molecule has 0 amide bonds. The fraction of sp³-hybridized carbons (Fsp3) is 0.800. The zero-order chi connectivity index (χ0) is 8.91. The summed E-state index contributed by atoms with van der Waals surface area (Å²) in [6, 6.07) is 0. The molecule has 0 bridgehead atoms. The van der Waals surface area contributed by atoms with Crippen LogP contribution < -0.4 is 0 Å². The van der Waals surface area contributed by atoms with Crippen LogP contribution in [0.15, 0.2) is 0 Å². The van der Waals surface area contributed by atoms with Crippen molar-refractivity contribution in [2.24, 2.45) is 0 Å². The molecule has 0 atom stereocenters. The minimum absolute atomic E-state index is 0.0115. The average molecular weight is 184 g/mol. The van der Waals surface area contributed by atoms with E-state index in [9.17, 15) is 4.79 Å². The predicted octanol–water partition coefficient (Wildman–Crippen LogP) is -0.325. The molecule has 6 heteroatoms. The molecular formula is C5H13O5P. The van der Waals surface area contributed by atoms with Crippen molar-refractivity contribution in [3.63, 3.8) is 0 Å². The normalized spacial score (nSPS) is 12.7. The number of hydrogen-bond acceptors (Lipinski definition) is 5. The van der Waals surface area contributed by atoms with Crippen molar-refractivity contribution in [1.29, 1.82) is 0 Å². The Balaban J connectivity index is 3.35.